The predicted molar refractivity (Wildman–Crippen MR) is 83.3 cm³/mol. The van der Waals surface area contributed by atoms with E-state index in [0.29, 0.717) is 25.0 Å². The molecular weight excluding hydrogens is 280 g/mol. The number of hydrogen-bond acceptors (Lipinski definition) is 4. The Labute approximate surface area is 131 Å². The van der Waals surface area contributed by atoms with Crippen LogP contribution in [0.15, 0.2) is 16.5 Å². The Kier molecular flexibility index (Phi) is 4.84. The van der Waals surface area contributed by atoms with Crippen LogP contribution in [0.25, 0.3) is 0 Å². The fourth-order valence-electron chi connectivity index (χ4n) is 3.27. The van der Waals surface area contributed by atoms with E-state index in [1.807, 2.05) is 24.0 Å². The highest BCUT2D eigenvalue weighted by atomic mass is 16.3. The molecule has 1 amide bonds. The molecular formula is C17H26N2O3. The van der Waals surface area contributed by atoms with Crippen LogP contribution in [0.2, 0.25) is 0 Å². The third-order valence-corrected chi connectivity index (χ3v) is 4.65. The molecule has 3 rings (SSSR count). The first kappa shape index (κ1) is 15.6. The number of rotatable bonds is 6. The summed E-state index contributed by atoms with van der Waals surface area (Å²) in [5, 5.41) is 9.31. The number of aliphatic hydroxyl groups is 1. The van der Waals surface area contributed by atoms with Gasteiger partial charge in [-0.3, -0.25) is 9.69 Å². The quantitative estimate of drug-likeness (QED) is 0.870. The number of hydrogen-bond donors (Lipinski definition) is 1. The van der Waals surface area contributed by atoms with Gasteiger partial charge in [-0.25, -0.2) is 0 Å². The van der Waals surface area contributed by atoms with E-state index in [4.69, 9.17) is 4.42 Å². The SMILES string of the molecule is Cc1ccc(CN(C(=O)CN2CCCC(CO)C2)C2CC2)o1. The summed E-state index contributed by atoms with van der Waals surface area (Å²) < 4.78 is 5.63. The van der Waals surface area contributed by atoms with Gasteiger partial charge in [-0.05, 0) is 57.2 Å². The zero-order chi connectivity index (χ0) is 15.5. The van der Waals surface area contributed by atoms with Gasteiger partial charge in [0.05, 0.1) is 13.1 Å². The van der Waals surface area contributed by atoms with Crippen LogP contribution in [-0.2, 0) is 11.3 Å². The highest BCUT2D eigenvalue weighted by Gasteiger charge is 2.34. The molecule has 2 fully saturated rings. The van der Waals surface area contributed by atoms with Crippen molar-refractivity contribution in [2.24, 2.45) is 5.92 Å². The summed E-state index contributed by atoms with van der Waals surface area (Å²) in [5.74, 6) is 2.27. The molecule has 0 aromatic carbocycles. The maximum Gasteiger partial charge on any atom is 0.237 e. The monoisotopic (exact) mass is 306 g/mol. The number of carbonyl (C=O) groups is 1. The third-order valence-electron chi connectivity index (χ3n) is 4.65. The molecule has 2 heterocycles. The Morgan fingerprint density at radius 3 is 2.86 bits per heavy atom. The van der Waals surface area contributed by atoms with Gasteiger partial charge >= 0.3 is 0 Å². The van der Waals surface area contributed by atoms with Crippen LogP contribution < -0.4 is 0 Å². The lowest BCUT2D eigenvalue weighted by Gasteiger charge is -2.33. The number of nitrogens with zero attached hydrogens (tertiary/aromatic N) is 2. The van der Waals surface area contributed by atoms with Crippen LogP contribution in [0.1, 0.15) is 37.2 Å². The summed E-state index contributed by atoms with van der Waals surface area (Å²) in [6, 6.07) is 4.29. The van der Waals surface area contributed by atoms with E-state index in [1.165, 1.54) is 0 Å². The number of aliphatic hydroxyl groups excluding tert-OH is 1. The topological polar surface area (TPSA) is 56.9 Å². The van der Waals surface area contributed by atoms with Crippen molar-refractivity contribution in [2.45, 2.75) is 45.2 Å². The number of aryl methyl sites for hydroxylation is 1. The predicted octanol–water partition coefficient (Wildman–Crippen LogP) is 1.78. The number of amides is 1. The van der Waals surface area contributed by atoms with Crippen molar-refractivity contribution in [1.82, 2.24) is 9.80 Å². The molecule has 0 radical (unpaired) electrons. The van der Waals surface area contributed by atoms with E-state index in [0.717, 1.165) is 50.3 Å². The van der Waals surface area contributed by atoms with Crippen molar-refractivity contribution >= 4 is 5.91 Å². The van der Waals surface area contributed by atoms with Gasteiger partial charge in [0.1, 0.15) is 11.5 Å². The second-order valence-corrected chi connectivity index (χ2v) is 6.69. The van der Waals surface area contributed by atoms with Crippen LogP contribution in [-0.4, -0.2) is 53.1 Å². The van der Waals surface area contributed by atoms with E-state index >= 15 is 0 Å². The molecule has 1 saturated heterocycles. The molecule has 1 N–H and O–H groups in total. The molecule has 1 aliphatic carbocycles. The van der Waals surface area contributed by atoms with Crippen LogP contribution >= 0.6 is 0 Å². The number of carbonyl (C=O) groups excluding carboxylic acids is 1. The van der Waals surface area contributed by atoms with Gasteiger partial charge in [-0.1, -0.05) is 0 Å². The summed E-state index contributed by atoms with van der Waals surface area (Å²) in [4.78, 5) is 16.8. The minimum absolute atomic E-state index is 0.190. The molecule has 22 heavy (non-hydrogen) atoms. The zero-order valence-corrected chi connectivity index (χ0v) is 13.3. The highest BCUT2D eigenvalue weighted by Crippen LogP contribution is 2.29. The normalized spacial score (nSPS) is 22.7. The van der Waals surface area contributed by atoms with Crippen molar-refractivity contribution < 1.29 is 14.3 Å². The average Bonchev–Trinajstić information content (AvgIpc) is 3.27. The Hall–Kier alpha value is -1.33. The first-order chi connectivity index (χ1) is 10.7. The Bertz CT molecular complexity index is 510. The van der Waals surface area contributed by atoms with Crippen molar-refractivity contribution in [1.29, 1.82) is 0 Å². The number of piperidine rings is 1. The fraction of sp³-hybridized carbons (Fsp3) is 0.706. The van der Waals surface area contributed by atoms with Gasteiger partial charge in [0.2, 0.25) is 5.91 Å². The summed E-state index contributed by atoms with van der Waals surface area (Å²) in [5.41, 5.74) is 0. The lowest BCUT2D eigenvalue weighted by atomic mass is 9.99. The average molecular weight is 306 g/mol. The molecule has 0 spiro atoms. The summed E-state index contributed by atoms with van der Waals surface area (Å²) in [7, 11) is 0. The van der Waals surface area contributed by atoms with Gasteiger partial charge in [0, 0.05) is 19.2 Å². The van der Waals surface area contributed by atoms with E-state index in [2.05, 4.69) is 4.90 Å². The standard InChI is InChI=1S/C17H26N2O3/c1-13-4-7-16(22-13)10-19(15-5-6-15)17(21)11-18-8-2-3-14(9-18)12-20/h4,7,14-15,20H,2-3,5-6,8-12H2,1H3. The molecule has 5 heteroatoms. The summed E-state index contributed by atoms with van der Waals surface area (Å²) in [6.45, 7) is 4.99. The molecule has 1 atom stereocenters. The van der Waals surface area contributed by atoms with Gasteiger partial charge in [-0.2, -0.15) is 0 Å². The van der Waals surface area contributed by atoms with Crippen LogP contribution in [0.3, 0.4) is 0 Å². The van der Waals surface area contributed by atoms with Crippen molar-refractivity contribution in [3.8, 4) is 0 Å². The second-order valence-electron chi connectivity index (χ2n) is 6.69. The minimum atomic E-state index is 0.190. The molecule has 5 nitrogen and oxygen atoms in total. The smallest absolute Gasteiger partial charge is 0.237 e. The summed E-state index contributed by atoms with van der Waals surface area (Å²) >= 11 is 0. The molecule has 1 aromatic rings. The van der Waals surface area contributed by atoms with E-state index in [9.17, 15) is 9.90 Å². The van der Waals surface area contributed by atoms with Gasteiger partial charge in [-0.15, -0.1) is 0 Å². The van der Waals surface area contributed by atoms with Crippen LogP contribution in [0.5, 0.6) is 0 Å². The molecule has 1 aromatic heterocycles. The maximum atomic E-state index is 12.7. The number of likely N-dealkylation sites (tertiary alicyclic amines) is 1. The van der Waals surface area contributed by atoms with Crippen molar-refractivity contribution in [3.63, 3.8) is 0 Å². The minimum Gasteiger partial charge on any atom is -0.464 e. The van der Waals surface area contributed by atoms with E-state index < -0.39 is 0 Å². The Morgan fingerprint density at radius 1 is 1.41 bits per heavy atom. The maximum absolute atomic E-state index is 12.7. The molecule has 1 saturated carbocycles. The fourth-order valence-corrected chi connectivity index (χ4v) is 3.27. The van der Waals surface area contributed by atoms with Gasteiger partial charge in [0.25, 0.3) is 0 Å². The van der Waals surface area contributed by atoms with Crippen LogP contribution in [0.4, 0.5) is 0 Å². The van der Waals surface area contributed by atoms with Crippen molar-refractivity contribution in [2.75, 3.05) is 26.2 Å². The Balaban J connectivity index is 1.58. The molecule has 1 aliphatic heterocycles. The second kappa shape index (κ2) is 6.84. The van der Waals surface area contributed by atoms with Gasteiger partial charge < -0.3 is 14.4 Å². The molecule has 0 bridgehead atoms. The summed E-state index contributed by atoms with van der Waals surface area (Å²) in [6.07, 6.45) is 4.34. The highest BCUT2D eigenvalue weighted by molar-refractivity contribution is 5.79. The first-order valence-corrected chi connectivity index (χ1v) is 8.33. The van der Waals surface area contributed by atoms with Crippen molar-refractivity contribution in [3.05, 3.63) is 23.7 Å². The first-order valence-electron chi connectivity index (χ1n) is 8.33. The molecule has 122 valence electrons. The number of furan rings is 1. The van der Waals surface area contributed by atoms with Gasteiger partial charge in [0.15, 0.2) is 0 Å². The third kappa shape index (κ3) is 3.90. The zero-order valence-electron chi connectivity index (χ0n) is 13.3. The Morgan fingerprint density at radius 2 is 2.23 bits per heavy atom. The lowest BCUT2D eigenvalue weighted by molar-refractivity contribution is -0.134. The molecule has 1 unspecified atom stereocenters. The lowest BCUT2D eigenvalue weighted by Crippen LogP contribution is -2.45. The van der Waals surface area contributed by atoms with E-state index in [1.54, 1.807) is 0 Å². The van der Waals surface area contributed by atoms with Crippen LogP contribution in [0, 0.1) is 12.8 Å². The van der Waals surface area contributed by atoms with E-state index in [-0.39, 0.29) is 12.5 Å². The molecule has 2 aliphatic rings. The largest absolute Gasteiger partial charge is 0.464 e.